The van der Waals surface area contributed by atoms with E-state index in [1.807, 2.05) is 5.38 Å². The maximum Gasteiger partial charge on any atom is 0.323 e. The second kappa shape index (κ2) is 5.69. The molecule has 3 atom stereocenters. The van der Waals surface area contributed by atoms with Crippen LogP contribution in [0.25, 0.3) is 0 Å². The summed E-state index contributed by atoms with van der Waals surface area (Å²) >= 11 is 1.42. The van der Waals surface area contributed by atoms with Gasteiger partial charge in [0.15, 0.2) is 5.13 Å². The average molecular weight is 362 g/mol. The smallest absolute Gasteiger partial charge is 0.323 e. The molecule has 2 aliphatic carbocycles. The van der Waals surface area contributed by atoms with Gasteiger partial charge >= 0.3 is 6.03 Å². The highest BCUT2D eigenvalue weighted by Gasteiger charge is 2.61. The van der Waals surface area contributed by atoms with Crippen LogP contribution in [-0.2, 0) is 11.2 Å². The molecule has 1 aromatic heterocycles. The first-order valence-electron chi connectivity index (χ1n) is 9.10. The van der Waals surface area contributed by atoms with Crippen molar-refractivity contribution in [1.29, 1.82) is 0 Å². The molecule has 0 spiro atoms. The summed E-state index contributed by atoms with van der Waals surface area (Å²) in [6.07, 6.45) is 3.85. The van der Waals surface area contributed by atoms with E-state index in [1.54, 1.807) is 4.90 Å². The summed E-state index contributed by atoms with van der Waals surface area (Å²) in [6.45, 7) is 8.31. The van der Waals surface area contributed by atoms with Crippen LogP contribution in [0.4, 0.5) is 9.93 Å². The van der Waals surface area contributed by atoms with Crippen LogP contribution < -0.4 is 15.5 Å². The van der Waals surface area contributed by atoms with Crippen LogP contribution in [0.3, 0.4) is 0 Å². The van der Waals surface area contributed by atoms with Crippen molar-refractivity contribution < 1.29 is 9.59 Å². The van der Waals surface area contributed by atoms with E-state index in [2.05, 4.69) is 36.4 Å². The number of fused-ring (bicyclic) bond motifs is 2. The highest BCUT2D eigenvalue weighted by atomic mass is 32.1. The highest BCUT2D eigenvalue weighted by Crippen LogP contribution is 2.65. The molecule has 7 heteroatoms. The summed E-state index contributed by atoms with van der Waals surface area (Å²) in [6, 6.07) is 0.152. The van der Waals surface area contributed by atoms with Crippen LogP contribution in [0.15, 0.2) is 5.38 Å². The van der Waals surface area contributed by atoms with Gasteiger partial charge in [0, 0.05) is 24.5 Å². The Bertz CT molecular complexity index is 716. The molecule has 3 fully saturated rings. The Hall–Kier alpha value is -1.63. The van der Waals surface area contributed by atoms with E-state index in [0.29, 0.717) is 29.6 Å². The van der Waals surface area contributed by atoms with Gasteiger partial charge in [-0.05, 0) is 36.0 Å². The molecule has 2 bridgehead atoms. The number of urea groups is 1. The molecule has 3 aliphatic rings. The van der Waals surface area contributed by atoms with Gasteiger partial charge < -0.3 is 10.6 Å². The molecule has 4 rings (SSSR count). The normalized spacial score (nSPS) is 32.9. The first kappa shape index (κ1) is 16.8. The molecule has 0 radical (unpaired) electrons. The van der Waals surface area contributed by atoms with Crippen molar-refractivity contribution >= 4 is 28.4 Å². The molecule has 1 aliphatic heterocycles. The fourth-order valence-corrected chi connectivity index (χ4v) is 5.84. The largest absolute Gasteiger partial charge is 0.352 e. The summed E-state index contributed by atoms with van der Waals surface area (Å²) < 4.78 is 0. The van der Waals surface area contributed by atoms with E-state index in [1.165, 1.54) is 24.2 Å². The lowest BCUT2D eigenvalue weighted by atomic mass is 9.69. The molecular formula is C18H26N4O2S. The zero-order valence-corrected chi connectivity index (χ0v) is 15.9. The molecule has 2 heterocycles. The number of carbonyl (C=O) groups is 2. The third-order valence-electron chi connectivity index (χ3n) is 7.10. The number of aromatic nitrogens is 1. The molecule has 6 nitrogen and oxygen atoms in total. The van der Waals surface area contributed by atoms with Crippen molar-refractivity contribution in [2.75, 3.05) is 18.0 Å². The molecule has 2 N–H and O–H groups in total. The van der Waals surface area contributed by atoms with E-state index >= 15 is 0 Å². The minimum Gasteiger partial charge on any atom is -0.352 e. The van der Waals surface area contributed by atoms with Crippen LogP contribution in [0.1, 0.15) is 45.7 Å². The number of hydrogen-bond acceptors (Lipinski definition) is 4. The molecule has 136 valence electrons. The van der Waals surface area contributed by atoms with Crippen molar-refractivity contribution in [2.24, 2.45) is 16.7 Å². The second-order valence-corrected chi connectivity index (χ2v) is 9.25. The van der Waals surface area contributed by atoms with Crippen LogP contribution in [-0.4, -0.2) is 36.1 Å². The van der Waals surface area contributed by atoms with Gasteiger partial charge in [-0.1, -0.05) is 20.8 Å². The fourth-order valence-electron chi connectivity index (χ4n) is 4.99. The van der Waals surface area contributed by atoms with Crippen molar-refractivity contribution in [1.82, 2.24) is 15.6 Å². The second-order valence-electron chi connectivity index (χ2n) is 8.41. The summed E-state index contributed by atoms with van der Waals surface area (Å²) in [7, 11) is 0. The zero-order chi connectivity index (χ0) is 17.8. The molecule has 1 saturated heterocycles. The first-order chi connectivity index (χ1) is 11.8. The van der Waals surface area contributed by atoms with Crippen molar-refractivity contribution in [3.05, 3.63) is 11.1 Å². The number of thiazole rings is 1. The Morgan fingerprint density at radius 3 is 2.88 bits per heavy atom. The maximum atomic E-state index is 12.6. The van der Waals surface area contributed by atoms with Gasteiger partial charge in [-0.2, -0.15) is 0 Å². The highest BCUT2D eigenvalue weighted by molar-refractivity contribution is 7.14. The molecule has 3 amide bonds. The predicted molar refractivity (Wildman–Crippen MR) is 97.7 cm³/mol. The van der Waals surface area contributed by atoms with Crippen LogP contribution in [0.5, 0.6) is 0 Å². The van der Waals surface area contributed by atoms with Gasteiger partial charge in [-0.15, -0.1) is 11.3 Å². The van der Waals surface area contributed by atoms with E-state index in [-0.39, 0.29) is 29.8 Å². The quantitative estimate of drug-likeness (QED) is 0.864. The number of nitrogens with zero attached hydrogens (tertiary/aromatic N) is 2. The Morgan fingerprint density at radius 2 is 2.28 bits per heavy atom. The van der Waals surface area contributed by atoms with Gasteiger partial charge in [0.05, 0.1) is 12.1 Å². The van der Waals surface area contributed by atoms with Crippen molar-refractivity contribution in [3.63, 3.8) is 0 Å². The van der Waals surface area contributed by atoms with E-state index in [0.717, 1.165) is 12.1 Å². The van der Waals surface area contributed by atoms with E-state index in [4.69, 9.17) is 0 Å². The minimum atomic E-state index is -0.109. The van der Waals surface area contributed by atoms with E-state index in [9.17, 15) is 9.59 Å². The van der Waals surface area contributed by atoms with Crippen molar-refractivity contribution in [2.45, 2.75) is 52.5 Å². The summed E-state index contributed by atoms with van der Waals surface area (Å²) in [5.74, 6) is 0.750. The Labute approximate surface area is 152 Å². The standard InChI is InChI=1S/C18H26N4O2S/c1-17(2)11-4-5-18(17,3)13(8-11)21-14(23)9-12-10-25-16(20-12)22-7-6-19-15(22)24/h10-11,13H,4-9H2,1-3H3,(H,19,24)(H,21,23). The SMILES string of the molecule is CC1(C)C2CCC1(C)C(NC(=O)Cc1csc(N3CCNC3=O)n1)C2. The van der Waals surface area contributed by atoms with Crippen LogP contribution >= 0.6 is 11.3 Å². The van der Waals surface area contributed by atoms with Gasteiger partial charge in [0.25, 0.3) is 0 Å². The monoisotopic (exact) mass is 362 g/mol. The summed E-state index contributed by atoms with van der Waals surface area (Å²) in [5.41, 5.74) is 1.22. The minimum absolute atomic E-state index is 0.0392. The maximum absolute atomic E-state index is 12.6. The van der Waals surface area contributed by atoms with Gasteiger partial charge in [-0.25, -0.2) is 9.78 Å². The van der Waals surface area contributed by atoms with E-state index < -0.39 is 0 Å². The molecule has 25 heavy (non-hydrogen) atoms. The lowest BCUT2D eigenvalue weighted by Crippen LogP contribution is -2.47. The number of rotatable bonds is 4. The Balaban J connectivity index is 1.39. The number of nitrogens with one attached hydrogen (secondary N) is 2. The molecular weight excluding hydrogens is 336 g/mol. The number of carbonyl (C=O) groups excluding carboxylic acids is 2. The summed E-state index contributed by atoms with van der Waals surface area (Å²) in [4.78, 5) is 30.4. The van der Waals surface area contributed by atoms with Gasteiger partial charge in [-0.3, -0.25) is 9.69 Å². The van der Waals surface area contributed by atoms with Crippen molar-refractivity contribution in [3.8, 4) is 0 Å². The molecule has 3 unspecified atom stereocenters. The number of hydrogen-bond donors (Lipinski definition) is 2. The topological polar surface area (TPSA) is 74.3 Å². The molecule has 0 aromatic carbocycles. The van der Waals surface area contributed by atoms with Crippen LogP contribution in [0.2, 0.25) is 0 Å². The average Bonchev–Trinajstić information content (AvgIpc) is 3.25. The lowest BCUT2D eigenvalue weighted by Gasteiger charge is -2.39. The number of amides is 3. The lowest BCUT2D eigenvalue weighted by molar-refractivity contribution is -0.122. The third kappa shape index (κ3) is 2.55. The first-order valence-corrected chi connectivity index (χ1v) is 9.98. The Morgan fingerprint density at radius 1 is 1.48 bits per heavy atom. The predicted octanol–water partition coefficient (Wildman–Crippen LogP) is 2.55. The molecule has 1 aromatic rings. The fraction of sp³-hybridized carbons (Fsp3) is 0.722. The third-order valence-corrected chi connectivity index (χ3v) is 8.01. The Kier molecular flexibility index (Phi) is 3.83. The zero-order valence-electron chi connectivity index (χ0n) is 15.1. The van der Waals surface area contributed by atoms with Gasteiger partial charge in [0.1, 0.15) is 0 Å². The summed E-state index contributed by atoms with van der Waals surface area (Å²) in [5, 5.41) is 8.60. The van der Waals surface area contributed by atoms with Crippen LogP contribution in [0, 0.1) is 16.7 Å². The molecule has 2 saturated carbocycles. The number of anilines is 1. The van der Waals surface area contributed by atoms with Gasteiger partial charge in [0.2, 0.25) is 5.91 Å².